The third kappa shape index (κ3) is 2.24. The molecule has 1 aromatic rings. The quantitative estimate of drug-likeness (QED) is 0.831. The Bertz CT molecular complexity index is 334. The molecular formula is C11H16ClN3. The summed E-state index contributed by atoms with van der Waals surface area (Å²) in [5.41, 5.74) is 6.84. The van der Waals surface area contributed by atoms with Crippen molar-refractivity contribution < 1.29 is 0 Å². The fourth-order valence-corrected chi connectivity index (χ4v) is 2.36. The highest BCUT2D eigenvalue weighted by Gasteiger charge is 2.32. The van der Waals surface area contributed by atoms with Gasteiger partial charge in [0.15, 0.2) is 0 Å². The molecule has 0 unspecified atom stereocenters. The van der Waals surface area contributed by atoms with Crippen LogP contribution in [0.2, 0.25) is 5.02 Å². The summed E-state index contributed by atoms with van der Waals surface area (Å²) in [4.78, 5) is 3.96. The van der Waals surface area contributed by atoms with E-state index in [4.69, 9.17) is 17.3 Å². The molecule has 0 atom stereocenters. The van der Waals surface area contributed by atoms with Gasteiger partial charge in [0.1, 0.15) is 0 Å². The zero-order valence-electron chi connectivity index (χ0n) is 8.67. The van der Waals surface area contributed by atoms with Gasteiger partial charge in [0, 0.05) is 24.5 Å². The Labute approximate surface area is 95.0 Å². The molecule has 1 heterocycles. The first-order valence-electron chi connectivity index (χ1n) is 5.33. The van der Waals surface area contributed by atoms with E-state index in [1.807, 2.05) is 6.07 Å². The summed E-state index contributed by atoms with van der Waals surface area (Å²) >= 11 is 6.06. The summed E-state index contributed by atoms with van der Waals surface area (Å²) in [5.74, 6) is 0. The molecule has 3 N–H and O–H groups in total. The monoisotopic (exact) mass is 225 g/mol. The molecule has 0 spiro atoms. The molecule has 15 heavy (non-hydrogen) atoms. The van der Waals surface area contributed by atoms with Crippen LogP contribution in [-0.2, 0) is 0 Å². The van der Waals surface area contributed by atoms with Crippen LogP contribution in [0.5, 0.6) is 0 Å². The van der Waals surface area contributed by atoms with Crippen molar-refractivity contribution in [1.29, 1.82) is 0 Å². The topological polar surface area (TPSA) is 50.9 Å². The standard InChI is InChI=1S/C11H16ClN3/c12-9-7-14-6-3-10(9)15-11(8-13)4-1-2-5-11/h3,6-7H,1-2,4-5,8,13H2,(H,14,15). The van der Waals surface area contributed by atoms with Crippen molar-refractivity contribution in [3.63, 3.8) is 0 Å². The molecule has 0 radical (unpaired) electrons. The molecule has 4 heteroatoms. The maximum atomic E-state index is 6.06. The van der Waals surface area contributed by atoms with Crippen molar-refractivity contribution in [2.24, 2.45) is 5.73 Å². The first-order valence-corrected chi connectivity index (χ1v) is 5.71. The van der Waals surface area contributed by atoms with Crippen LogP contribution in [0.4, 0.5) is 5.69 Å². The first-order chi connectivity index (χ1) is 7.26. The molecule has 0 amide bonds. The molecule has 0 bridgehead atoms. The maximum Gasteiger partial charge on any atom is 0.0820 e. The second-order valence-corrected chi connectivity index (χ2v) is 4.58. The van der Waals surface area contributed by atoms with Crippen molar-refractivity contribution >= 4 is 17.3 Å². The first kappa shape index (κ1) is 10.7. The van der Waals surface area contributed by atoms with Crippen molar-refractivity contribution in [3.05, 3.63) is 23.5 Å². The van der Waals surface area contributed by atoms with E-state index in [2.05, 4.69) is 10.3 Å². The number of rotatable bonds is 3. The Hall–Kier alpha value is -0.800. The third-order valence-electron chi connectivity index (χ3n) is 3.12. The highest BCUT2D eigenvalue weighted by atomic mass is 35.5. The van der Waals surface area contributed by atoms with Gasteiger partial charge in [-0.05, 0) is 18.9 Å². The molecule has 1 fully saturated rings. The van der Waals surface area contributed by atoms with Crippen molar-refractivity contribution in [3.8, 4) is 0 Å². The van der Waals surface area contributed by atoms with Gasteiger partial charge in [-0.1, -0.05) is 24.4 Å². The molecule has 1 aromatic heterocycles. The number of hydrogen-bond acceptors (Lipinski definition) is 3. The number of nitrogens with one attached hydrogen (secondary N) is 1. The van der Waals surface area contributed by atoms with Gasteiger partial charge in [0.2, 0.25) is 0 Å². The molecule has 1 aliphatic rings. The Morgan fingerprint density at radius 2 is 2.20 bits per heavy atom. The predicted octanol–water partition coefficient (Wildman–Crippen LogP) is 2.42. The van der Waals surface area contributed by atoms with Gasteiger partial charge in [0.05, 0.1) is 10.7 Å². The summed E-state index contributed by atoms with van der Waals surface area (Å²) in [6.45, 7) is 0.658. The lowest BCUT2D eigenvalue weighted by Gasteiger charge is -2.30. The second-order valence-electron chi connectivity index (χ2n) is 4.17. The minimum absolute atomic E-state index is 0.0466. The fourth-order valence-electron chi connectivity index (χ4n) is 2.19. The zero-order chi connectivity index (χ0) is 10.7. The van der Waals surface area contributed by atoms with E-state index in [9.17, 15) is 0 Å². The highest BCUT2D eigenvalue weighted by Crippen LogP contribution is 2.34. The Morgan fingerprint density at radius 3 is 2.80 bits per heavy atom. The molecular weight excluding hydrogens is 210 g/mol. The van der Waals surface area contributed by atoms with Crippen LogP contribution in [-0.4, -0.2) is 17.1 Å². The largest absolute Gasteiger partial charge is 0.377 e. The number of aromatic nitrogens is 1. The molecule has 0 saturated heterocycles. The Morgan fingerprint density at radius 1 is 1.47 bits per heavy atom. The molecule has 3 nitrogen and oxygen atoms in total. The van der Waals surface area contributed by atoms with E-state index in [1.165, 1.54) is 12.8 Å². The Kier molecular flexibility index (Phi) is 3.12. The second kappa shape index (κ2) is 4.37. The van der Waals surface area contributed by atoms with Crippen LogP contribution in [0.25, 0.3) is 0 Å². The number of pyridine rings is 1. The van der Waals surface area contributed by atoms with Gasteiger partial charge < -0.3 is 11.1 Å². The lowest BCUT2D eigenvalue weighted by Crippen LogP contribution is -2.42. The zero-order valence-corrected chi connectivity index (χ0v) is 9.43. The number of anilines is 1. The molecule has 82 valence electrons. The molecule has 1 saturated carbocycles. The lowest BCUT2D eigenvalue weighted by atomic mass is 9.97. The van der Waals surface area contributed by atoms with Crippen LogP contribution in [0.15, 0.2) is 18.5 Å². The van der Waals surface area contributed by atoms with Gasteiger partial charge >= 0.3 is 0 Å². The summed E-state index contributed by atoms with van der Waals surface area (Å²) in [5, 5.41) is 4.14. The summed E-state index contributed by atoms with van der Waals surface area (Å²) in [6, 6.07) is 1.90. The number of nitrogens with zero attached hydrogens (tertiary/aromatic N) is 1. The smallest absolute Gasteiger partial charge is 0.0820 e. The lowest BCUT2D eigenvalue weighted by molar-refractivity contribution is 0.493. The molecule has 1 aliphatic carbocycles. The van der Waals surface area contributed by atoms with Crippen LogP contribution >= 0.6 is 11.6 Å². The van der Waals surface area contributed by atoms with E-state index in [0.29, 0.717) is 11.6 Å². The number of hydrogen-bond donors (Lipinski definition) is 2. The van der Waals surface area contributed by atoms with Gasteiger partial charge in [-0.25, -0.2) is 0 Å². The molecule has 2 rings (SSSR count). The minimum atomic E-state index is 0.0466. The van der Waals surface area contributed by atoms with Crippen LogP contribution < -0.4 is 11.1 Å². The van der Waals surface area contributed by atoms with Gasteiger partial charge in [-0.2, -0.15) is 0 Å². The van der Waals surface area contributed by atoms with Gasteiger partial charge in [-0.3, -0.25) is 4.98 Å². The van der Waals surface area contributed by atoms with Crippen LogP contribution in [0.1, 0.15) is 25.7 Å². The summed E-state index contributed by atoms with van der Waals surface area (Å²) < 4.78 is 0. The molecule has 0 aliphatic heterocycles. The fraction of sp³-hybridized carbons (Fsp3) is 0.545. The Balaban J connectivity index is 2.16. The van der Waals surface area contributed by atoms with E-state index in [-0.39, 0.29) is 5.54 Å². The van der Waals surface area contributed by atoms with E-state index >= 15 is 0 Å². The van der Waals surface area contributed by atoms with Crippen molar-refractivity contribution in [2.45, 2.75) is 31.2 Å². The van der Waals surface area contributed by atoms with E-state index in [1.54, 1.807) is 12.4 Å². The third-order valence-corrected chi connectivity index (χ3v) is 3.42. The summed E-state index contributed by atoms with van der Waals surface area (Å²) in [7, 11) is 0. The van der Waals surface area contributed by atoms with E-state index < -0.39 is 0 Å². The SMILES string of the molecule is NCC1(Nc2ccncc2Cl)CCCC1. The number of nitrogens with two attached hydrogens (primary N) is 1. The average Bonchev–Trinajstić information content (AvgIpc) is 2.71. The normalized spacial score (nSPS) is 19.1. The van der Waals surface area contributed by atoms with Crippen LogP contribution in [0, 0.1) is 0 Å². The van der Waals surface area contributed by atoms with Crippen molar-refractivity contribution in [1.82, 2.24) is 4.98 Å². The van der Waals surface area contributed by atoms with Gasteiger partial charge in [0.25, 0.3) is 0 Å². The highest BCUT2D eigenvalue weighted by molar-refractivity contribution is 6.33. The number of halogens is 1. The van der Waals surface area contributed by atoms with Gasteiger partial charge in [-0.15, -0.1) is 0 Å². The average molecular weight is 226 g/mol. The summed E-state index contributed by atoms with van der Waals surface area (Å²) in [6.07, 6.45) is 8.14. The van der Waals surface area contributed by atoms with Crippen LogP contribution in [0.3, 0.4) is 0 Å². The van der Waals surface area contributed by atoms with E-state index in [0.717, 1.165) is 18.5 Å². The predicted molar refractivity (Wildman–Crippen MR) is 63.1 cm³/mol. The molecule has 0 aromatic carbocycles. The maximum absolute atomic E-state index is 6.06. The minimum Gasteiger partial charge on any atom is -0.377 e. The van der Waals surface area contributed by atoms with Crippen molar-refractivity contribution in [2.75, 3.05) is 11.9 Å².